The van der Waals surface area contributed by atoms with Crippen LogP contribution in [0.4, 0.5) is 27.5 Å². The Hall–Kier alpha value is -4.17. The van der Waals surface area contributed by atoms with Crippen molar-refractivity contribution in [1.29, 1.82) is 0 Å². The standard InChI is InChI=1S/C34H36N4O3.C2H7N/c39-31-30(36-33(41)35-26-9-3-1-4-10-26)32(40)38(27-11-5-2-6-12-27)29-14-8-7-13-28(29)37(31)16-15-34-20-23-17-24(21-34)19-25(18-23)22-34;1-3-2/h1-14,23-25,30H,15-22H2,(H2,35,36,41);3H,1-2H3. The molecule has 3 aromatic carbocycles. The van der Waals surface area contributed by atoms with Crippen LogP contribution in [0.15, 0.2) is 84.9 Å². The molecule has 4 fully saturated rings. The normalized spacial score (nSPS) is 26.8. The molecule has 1 atom stereocenters. The van der Waals surface area contributed by atoms with Crippen LogP contribution >= 0.6 is 0 Å². The zero-order valence-corrected chi connectivity index (χ0v) is 25.7. The van der Waals surface area contributed by atoms with E-state index < -0.39 is 23.9 Å². The van der Waals surface area contributed by atoms with E-state index in [-0.39, 0.29) is 5.41 Å². The highest BCUT2D eigenvalue weighted by molar-refractivity contribution is 6.24. The molecule has 3 N–H and O–H groups in total. The number of fused-ring (bicyclic) bond motifs is 1. The summed E-state index contributed by atoms with van der Waals surface area (Å²) >= 11 is 0. The molecule has 1 unspecified atom stereocenters. The summed E-state index contributed by atoms with van der Waals surface area (Å²) in [4.78, 5) is 45.0. The number of hydrogen-bond acceptors (Lipinski definition) is 4. The number of hydrogen-bond donors (Lipinski definition) is 3. The smallest absolute Gasteiger partial charge is 0.320 e. The maximum absolute atomic E-state index is 14.3. The lowest BCUT2D eigenvalue weighted by Gasteiger charge is -2.57. The van der Waals surface area contributed by atoms with E-state index in [4.69, 9.17) is 0 Å². The summed E-state index contributed by atoms with van der Waals surface area (Å²) in [5, 5.41) is 8.25. The van der Waals surface area contributed by atoms with Gasteiger partial charge >= 0.3 is 6.03 Å². The molecule has 0 saturated heterocycles. The molecule has 230 valence electrons. The Labute approximate surface area is 260 Å². The second-order valence-electron chi connectivity index (χ2n) is 13.1. The number of rotatable bonds is 6. The van der Waals surface area contributed by atoms with Crippen molar-refractivity contribution in [2.45, 2.75) is 51.0 Å². The fraction of sp³-hybridized carbons (Fsp3) is 0.417. The van der Waals surface area contributed by atoms with Crippen LogP contribution in [0.1, 0.15) is 44.9 Å². The molecule has 5 aliphatic rings. The van der Waals surface area contributed by atoms with E-state index in [2.05, 4.69) is 16.0 Å². The maximum atomic E-state index is 14.3. The summed E-state index contributed by atoms with van der Waals surface area (Å²) in [6.07, 6.45) is 8.77. The van der Waals surface area contributed by atoms with E-state index >= 15 is 0 Å². The second-order valence-corrected chi connectivity index (χ2v) is 13.1. The van der Waals surface area contributed by atoms with Gasteiger partial charge in [0.2, 0.25) is 0 Å². The van der Waals surface area contributed by atoms with E-state index in [1.165, 1.54) is 38.5 Å². The molecule has 1 aliphatic heterocycles. The lowest BCUT2D eigenvalue weighted by molar-refractivity contribution is -0.128. The fourth-order valence-corrected chi connectivity index (χ4v) is 8.47. The van der Waals surface area contributed by atoms with Gasteiger partial charge in [-0.2, -0.15) is 0 Å². The average molecular weight is 594 g/mol. The Morgan fingerprint density at radius 3 is 1.86 bits per heavy atom. The van der Waals surface area contributed by atoms with Gasteiger partial charge in [0.1, 0.15) is 0 Å². The second kappa shape index (κ2) is 12.8. The quantitative estimate of drug-likeness (QED) is 0.291. The number of carbonyl (C=O) groups is 3. The topological polar surface area (TPSA) is 93.8 Å². The average Bonchev–Trinajstić information content (AvgIpc) is 3.09. The number of amides is 4. The predicted molar refractivity (Wildman–Crippen MR) is 175 cm³/mol. The third kappa shape index (κ3) is 6.09. The highest BCUT2D eigenvalue weighted by Crippen LogP contribution is 2.61. The van der Waals surface area contributed by atoms with Crippen molar-refractivity contribution in [2.24, 2.45) is 23.2 Å². The van der Waals surface area contributed by atoms with E-state index in [0.717, 1.165) is 24.2 Å². The Kier molecular flexibility index (Phi) is 8.71. The number of nitrogens with one attached hydrogen (secondary N) is 3. The first-order chi connectivity index (χ1) is 21.4. The number of anilines is 4. The lowest BCUT2D eigenvalue weighted by Crippen LogP contribution is -2.56. The zero-order valence-electron chi connectivity index (χ0n) is 25.7. The Morgan fingerprint density at radius 1 is 0.750 bits per heavy atom. The van der Waals surface area contributed by atoms with Crippen molar-refractivity contribution in [3.63, 3.8) is 0 Å². The first kappa shape index (κ1) is 29.9. The predicted octanol–water partition coefficient (Wildman–Crippen LogP) is 6.33. The van der Waals surface area contributed by atoms with Crippen LogP contribution in [-0.2, 0) is 9.59 Å². The number of nitrogens with zero attached hydrogens (tertiary/aromatic N) is 2. The maximum Gasteiger partial charge on any atom is 0.320 e. The third-order valence-electron chi connectivity index (χ3n) is 9.75. The van der Waals surface area contributed by atoms with Gasteiger partial charge in [0, 0.05) is 17.9 Å². The van der Waals surface area contributed by atoms with Crippen LogP contribution in [0.5, 0.6) is 0 Å². The molecule has 8 rings (SSSR count). The molecule has 44 heavy (non-hydrogen) atoms. The number of para-hydroxylation sites is 4. The van der Waals surface area contributed by atoms with Crippen LogP contribution in [0.2, 0.25) is 0 Å². The molecule has 0 aromatic heterocycles. The number of benzene rings is 3. The van der Waals surface area contributed by atoms with Crippen LogP contribution in [0, 0.1) is 23.2 Å². The third-order valence-corrected chi connectivity index (χ3v) is 9.75. The van der Waals surface area contributed by atoms with Crippen molar-refractivity contribution >= 4 is 40.6 Å². The molecule has 4 saturated carbocycles. The van der Waals surface area contributed by atoms with Gasteiger partial charge in [0.05, 0.1) is 11.4 Å². The Balaban J connectivity index is 0.00000110. The summed E-state index contributed by atoms with van der Waals surface area (Å²) < 4.78 is 0. The highest BCUT2D eigenvalue weighted by atomic mass is 16.2. The SMILES string of the molecule is CNC.O=C(Nc1ccccc1)NC1C(=O)N(CCC23CC4CC(CC(C4)C2)C3)c2ccccc2N(c2ccccc2)C1=O. The van der Waals surface area contributed by atoms with Gasteiger partial charge in [-0.3, -0.25) is 14.5 Å². The van der Waals surface area contributed by atoms with Gasteiger partial charge in [0.15, 0.2) is 6.04 Å². The lowest BCUT2D eigenvalue weighted by atomic mass is 9.49. The summed E-state index contributed by atoms with van der Waals surface area (Å²) in [5.74, 6) is 1.59. The van der Waals surface area contributed by atoms with Crippen LogP contribution in [0.3, 0.4) is 0 Å². The highest BCUT2D eigenvalue weighted by Gasteiger charge is 2.51. The van der Waals surface area contributed by atoms with Crippen molar-refractivity contribution in [3.8, 4) is 0 Å². The zero-order chi connectivity index (χ0) is 30.7. The fourth-order valence-electron chi connectivity index (χ4n) is 8.47. The number of urea groups is 1. The molecule has 8 heteroatoms. The van der Waals surface area contributed by atoms with Gasteiger partial charge < -0.3 is 20.9 Å². The minimum absolute atomic E-state index is 0.271. The van der Waals surface area contributed by atoms with Crippen LogP contribution in [0.25, 0.3) is 0 Å². The summed E-state index contributed by atoms with van der Waals surface area (Å²) in [6, 6.07) is 24.0. The van der Waals surface area contributed by atoms with Crippen LogP contribution < -0.4 is 25.8 Å². The molecule has 4 bridgehead atoms. The molecular weight excluding hydrogens is 550 g/mol. The van der Waals surface area contributed by atoms with Gasteiger partial charge in [-0.1, -0.05) is 48.5 Å². The molecule has 1 heterocycles. The molecule has 0 radical (unpaired) electrons. The van der Waals surface area contributed by atoms with Crippen molar-refractivity contribution in [2.75, 3.05) is 35.8 Å². The van der Waals surface area contributed by atoms with E-state index in [9.17, 15) is 14.4 Å². The van der Waals surface area contributed by atoms with Crippen molar-refractivity contribution in [3.05, 3.63) is 84.9 Å². The van der Waals surface area contributed by atoms with Crippen molar-refractivity contribution in [1.82, 2.24) is 10.6 Å². The minimum atomic E-state index is -1.37. The first-order valence-corrected chi connectivity index (χ1v) is 15.9. The Morgan fingerprint density at radius 2 is 1.27 bits per heavy atom. The van der Waals surface area contributed by atoms with Gasteiger partial charge in [-0.05, 0) is 119 Å². The van der Waals surface area contributed by atoms with Gasteiger partial charge in [-0.25, -0.2) is 4.79 Å². The van der Waals surface area contributed by atoms with Crippen molar-refractivity contribution < 1.29 is 14.4 Å². The molecule has 3 aromatic rings. The summed E-state index contributed by atoms with van der Waals surface area (Å²) in [7, 11) is 3.75. The Bertz CT molecular complexity index is 1440. The number of carbonyl (C=O) groups excluding carboxylic acids is 3. The minimum Gasteiger partial charge on any atom is -0.323 e. The largest absolute Gasteiger partial charge is 0.323 e. The summed E-state index contributed by atoms with van der Waals surface area (Å²) in [6.45, 7) is 0.524. The van der Waals surface area contributed by atoms with E-state index in [0.29, 0.717) is 29.3 Å². The van der Waals surface area contributed by atoms with Gasteiger partial charge in [-0.15, -0.1) is 0 Å². The van der Waals surface area contributed by atoms with E-state index in [1.807, 2.05) is 86.9 Å². The molecule has 0 spiro atoms. The first-order valence-electron chi connectivity index (χ1n) is 15.9. The molecule has 4 aliphatic carbocycles. The van der Waals surface area contributed by atoms with Crippen LogP contribution in [-0.4, -0.2) is 44.5 Å². The monoisotopic (exact) mass is 593 g/mol. The molecule has 8 nitrogen and oxygen atoms in total. The molecule has 4 amide bonds. The van der Waals surface area contributed by atoms with Gasteiger partial charge in [0.25, 0.3) is 11.8 Å². The summed E-state index contributed by atoms with van der Waals surface area (Å²) in [5.41, 5.74) is 2.85. The van der Waals surface area contributed by atoms with E-state index in [1.54, 1.807) is 21.9 Å². The molecular formula is C36H43N5O3.